The summed E-state index contributed by atoms with van der Waals surface area (Å²) in [6.07, 6.45) is 3.50. The molecule has 1 aliphatic heterocycles. The van der Waals surface area contributed by atoms with Crippen LogP contribution in [0.1, 0.15) is 18.6 Å². The molecule has 9 heteroatoms. The van der Waals surface area contributed by atoms with Crippen LogP contribution in [0.15, 0.2) is 28.1 Å². The maximum Gasteiger partial charge on any atom is 0.249 e. The van der Waals surface area contributed by atoms with E-state index in [0.29, 0.717) is 11.6 Å². The molecule has 0 radical (unpaired) electrons. The van der Waals surface area contributed by atoms with Crippen LogP contribution in [-0.4, -0.2) is 38.7 Å². The fourth-order valence-corrected chi connectivity index (χ4v) is 3.53. The topological polar surface area (TPSA) is 99.9 Å². The fourth-order valence-electron chi connectivity index (χ4n) is 2.81. The zero-order valence-electron chi connectivity index (χ0n) is 13.0. The number of nitrogens with zero attached hydrogens (tertiary/aromatic N) is 4. The Morgan fingerprint density at radius 3 is 3.17 bits per heavy atom. The number of amides is 1. The highest BCUT2D eigenvalue weighted by Crippen LogP contribution is 2.28. The van der Waals surface area contributed by atoms with E-state index in [1.807, 2.05) is 29.3 Å². The van der Waals surface area contributed by atoms with Gasteiger partial charge in [-0.3, -0.25) is 15.2 Å². The van der Waals surface area contributed by atoms with Gasteiger partial charge >= 0.3 is 0 Å². The molecule has 3 aromatic rings. The van der Waals surface area contributed by atoms with E-state index in [1.54, 1.807) is 6.20 Å². The number of anilines is 2. The van der Waals surface area contributed by atoms with Gasteiger partial charge in [-0.05, 0) is 31.9 Å². The Balaban J connectivity index is 1.47. The van der Waals surface area contributed by atoms with Crippen LogP contribution in [0.5, 0.6) is 0 Å². The first-order valence-corrected chi connectivity index (χ1v) is 8.55. The number of hydrogen-bond acceptors (Lipinski definition) is 7. The number of hydrogen-bond donors (Lipinski definition) is 2. The number of rotatable bonds is 4. The molecule has 0 aliphatic carbocycles. The van der Waals surface area contributed by atoms with Gasteiger partial charge in [0.05, 0.1) is 0 Å². The molecule has 0 spiro atoms. The summed E-state index contributed by atoms with van der Waals surface area (Å²) in [5.41, 5.74) is 0. The van der Waals surface area contributed by atoms with E-state index in [-0.39, 0.29) is 17.9 Å². The number of carbonyl (C=O) groups is 1. The molecule has 124 valence electrons. The van der Waals surface area contributed by atoms with E-state index in [9.17, 15) is 4.79 Å². The second-order valence-corrected chi connectivity index (χ2v) is 6.45. The fraction of sp³-hybridized carbons (Fsp3) is 0.333. The van der Waals surface area contributed by atoms with Crippen LogP contribution in [0.2, 0.25) is 0 Å². The second kappa shape index (κ2) is 6.08. The van der Waals surface area contributed by atoms with Crippen LogP contribution in [0.3, 0.4) is 0 Å². The molecule has 2 N–H and O–H groups in total. The molecule has 1 amide bonds. The lowest BCUT2D eigenvalue weighted by molar-refractivity contribution is -0.117. The first-order chi connectivity index (χ1) is 11.7. The van der Waals surface area contributed by atoms with Crippen LogP contribution in [-0.2, 0) is 4.79 Å². The van der Waals surface area contributed by atoms with Crippen molar-refractivity contribution in [2.75, 3.05) is 16.8 Å². The largest absolute Gasteiger partial charge is 0.458 e. The molecule has 4 heterocycles. The first-order valence-electron chi connectivity index (χ1n) is 7.67. The van der Waals surface area contributed by atoms with Crippen LogP contribution in [0.4, 0.5) is 11.1 Å². The lowest BCUT2D eigenvalue weighted by Crippen LogP contribution is -2.39. The highest BCUT2D eigenvalue weighted by molar-refractivity contribution is 7.13. The number of nitrogens with one attached hydrogen (secondary N) is 2. The van der Waals surface area contributed by atoms with Crippen molar-refractivity contribution in [2.24, 2.45) is 0 Å². The summed E-state index contributed by atoms with van der Waals surface area (Å²) in [7, 11) is 0. The van der Waals surface area contributed by atoms with Gasteiger partial charge in [-0.15, -0.1) is 16.4 Å². The number of furan rings is 1. The van der Waals surface area contributed by atoms with Gasteiger partial charge in [-0.2, -0.15) is 4.98 Å². The number of carbonyl (C=O) groups excluding carboxylic acids is 1. The quantitative estimate of drug-likeness (QED) is 0.754. The molecule has 1 fully saturated rings. The van der Waals surface area contributed by atoms with Crippen LogP contribution >= 0.6 is 11.3 Å². The summed E-state index contributed by atoms with van der Waals surface area (Å²) in [5.74, 6) is 1.99. The number of H-pyrrole nitrogens is 1. The van der Waals surface area contributed by atoms with Gasteiger partial charge in [-0.1, -0.05) is 0 Å². The van der Waals surface area contributed by atoms with Crippen LogP contribution in [0.25, 0.3) is 11.6 Å². The van der Waals surface area contributed by atoms with Gasteiger partial charge in [0.2, 0.25) is 11.9 Å². The Morgan fingerprint density at radius 2 is 2.42 bits per heavy atom. The van der Waals surface area contributed by atoms with Crippen molar-refractivity contribution in [1.29, 1.82) is 0 Å². The third kappa shape index (κ3) is 2.78. The first kappa shape index (κ1) is 14.9. The minimum Gasteiger partial charge on any atom is -0.458 e. The number of aryl methyl sites for hydroxylation is 1. The molecule has 1 saturated heterocycles. The monoisotopic (exact) mass is 344 g/mol. The van der Waals surface area contributed by atoms with Crippen molar-refractivity contribution in [1.82, 2.24) is 20.2 Å². The Hall–Kier alpha value is -2.68. The minimum absolute atomic E-state index is 0.121. The summed E-state index contributed by atoms with van der Waals surface area (Å²) in [5, 5.41) is 12.4. The van der Waals surface area contributed by atoms with E-state index in [4.69, 9.17) is 4.42 Å². The smallest absolute Gasteiger partial charge is 0.249 e. The van der Waals surface area contributed by atoms with E-state index in [2.05, 4.69) is 25.5 Å². The van der Waals surface area contributed by atoms with E-state index >= 15 is 0 Å². The molecule has 1 atom stereocenters. The Labute approximate surface area is 141 Å². The van der Waals surface area contributed by atoms with Gasteiger partial charge < -0.3 is 9.32 Å². The average molecular weight is 344 g/mol. The van der Waals surface area contributed by atoms with Crippen molar-refractivity contribution in [2.45, 2.75) is 25.8 Å². The second-order valence-electron chi connectivity index (χ2n) is 5.57. The Kier molecular flexibility index (Phi) is 3.77. The predicted octanol–water partition coefficient (Wildman–Crippen LogP) is 2.44. The summed E-state index contributed by atoms with van der Waals surface area (Å²) < 4.78 is 5.49. The molecule has 8 nitrogen and oxygen atoms in total. The van der Waals surface area contributed by atoms with E-state index in [1.165, 1.54) is 11.3 Å². The molecule has 3 aromatic heterocycles. The van der Waals surface area contributed by atoms with Crippen LogP contribution in [0, 0.1) is 6.92 Å². The predicted molar refractivity (Wildman–Crippen MR) is 89.9 cm³/mol. The summed E-state index contributed by atoms with van der Waals surface area (Å²) in [6, 6.07) is 3.41. The van der Waals surface area contributed by atoms with Gasteiger partial charge in [0.25, 0.3) is 0 Å². The molecular formula is C15H16N6O2S. The minimum atomic E-state index is -0.246. The SMILES string of the molecule is Cc1ccc(-c2nc(NC(=O)[C@H]3CCCN3c3nccs3)n[nH]2)o1. The molecule has 0 saturated carbocycles. The van der Waals surface area contributed by atoms with Crippen molar-refractivity contribution in [3.05, 3.63) is 29.5 Å². The van der Waals surface area contributed by atoms with Crippen LogP contribution < -0.4 is 10.2 Å². The Bertz CT molecular complexity index is 840. The van der Waals surface area contributed by atoms with E-state index in [0.717, 1.165) is 30.3 Å². The lowest BCUT2D eigenvalue weighted by Gasteiger charge is -2.22. The maximum atomic E-state index is 12.6. The molecule has 1 aliphatic rings. The number of thiazole rings is 1. The highest BCUT2D eigenvalue weighted by Gasteiger charge is 2.32. The summed E-state index contributed by atoms with van der Waals surface area (Å²) >= 11 is 1.54. The van der Waals surface area contributed by atoms with Gasteiger partial charge in [0.1, 0.15) is 11.8 Å². The summed E-state index contributed by atoms with van der Waals surface area (Å²) in [6.45, 7) is 2.69. The van der Waals surface area contributed by atoms with Crippen molar-refractivity contribution in [3.63, 3.8) is 0 Å². The zero-order chi connectivity index (χ0) is 16.5. The zero-order valence-corrected chi connectivity index (χ0v) is 13.8. The third-order valence-corrected chi connectivity index (χ3v) is 4.72. The molecule has 0 aromatic carbocycles. The number of aromatic amines is 1. The normalized spacial score (nSPS) is 17.4. The van der Waals surface area contributed by atoms with E-state index < -0.39 is 0 Å². The van der Waals surface area contributed by atoms with Crippen molar-refractivity contribution < 1.29 is 9.21 Å². The Morgan fingerprint density at radius 1 is 1.50 bits per heavy atom. The average Bonchev–Trinajstić information content (AvgIpc) is 3.34. The lowest BCUT2D eigenvalue weighted by atomic mass is 10.2. The number of aromatic nitrogens is 4. The molecule has 24 heavy (non-hydrogen) atoms. The molecular weight excluding hydrogens is 328 g/mol. The standard InChI is InChI=1S/C15H16N6O2S/c1-9-4-5-11(23-9)12-17-14(20-19-12)18-13(22)10-3-2-7-21(10)15-16-6-8-24-15/h4-6,8,10H,2-3,7H2,1H3,(H2,17,18,19,20,22)/t10-/m1/s1. The molecule has 4 rings (SSSR count). The van der Waals surface area contributed by atoms with Gasteiger partial charge in [0, 0.05) is 18.1 Å². The highest BCUT2D eigenvalue weighted by atomic mass is 32.1. The van der Waals surface area contributed by atoms with Crippen molar-refractivity contribution in [3.8, 4) is 11.6 Å². The van der Waals surface area contributed by atoms with Gasteiger partial charge in [-0.25, -0.2) is 4.98 Å². The maximum absolute atomic E-state index is 12.6. The van der Waals surface area contributed by atoms with Gasteiger partial charge in [0.15, 0.2) is 16.7 Å². The molecule has 0 unspecified atom stereocenters. The third-order valence-electron chi connectivity index (χ3n) is 3.91. The van der Waals surface area contributed by atoms with Crippen molar-refractivity contribution >= 4 is 28.3 Å². The summed E-state index contributed by atoms with van der Waals surface area (Å²) in [4.78, 5) is 23.2. The molecule has 0 bridgehead atoms.